The van der Waals surface area contributed by atoms with Crippen molar-refractivity contribution in [2.75, 3.05) is 14.2 Å². The molecule has 0 radical (unpaired) electrons. The van der Waals surface area contributed by atoms with E-state index in [0.717, 1.165) is 6.42 Å². The molecule has 0 aliphatic heterocycles. The zero-order chi connectivity index (χ0) is 13.7. The molecule has 6 nitrogen and oxygen atoms in total. The number of carbonyl (C=O) groups is 2. The van der Waals surface area contributed by atoms with E-state index in [1.165, 1.54) is 20.3 Å². The second kappa shape index (κ2) is 6.00. The quantitative estimate of drug-likeness (QED) is 0.806. The molecule has 1 heterocycles. The predicted molar refractivity (Wildman–Crippen MR) is 63.7 cm³/mol. The Balaban J connectivity index is 3.40. The smallest absolute Gasteiger partial charge is 0.343 e. The van der Waals surface area contributed by atoms with E-state index in [4.69, 9.17) is 0 Å². The Morgan fingerprint density at radius 1 is 1.17 bits per heavy atom. The van der Waals surface area contributed by atoms with Crippen LogP contribution in [-0.2, 0) is 15.9 Å². The van der Waals surface area contributed by atoms with Crippen LogP contribution < -0.4 is 5.56 Å². The molecule has 0 amide bonds. The van der Waals surface area contributed by atoms with Crippen LogP contribution >= 0.6 is 0 Å². The van der Waals surface area contributed by atoms with Gasteiger partial charge in [-0.2, -0.15) is 0 Å². The SMILES string of the molecule is CCCc1[nH]c(=O)c(C(=O)OC)cc1C(=O)OC. The van der Waals surface area contributed by atoms with Crippen molar-refractivity contribution >= 4 is 11.9 Å². The normalized spacial score (nSPS) is 9.94. The maximum absolute atomic E-state index is 11.7. The van der Waals surface area contributed by atoms with Crippen LogP contribution in [0.5, 0.6) is 0 Å². The molecule has 0 aliphatic rings. The highest BCUT2D eigenvalue weighted by Gasteiger charge is 2.19. The van der Waals surface area contributed by atoms with Gasteiger partial charge in [0.25, 0.3) is 5.56 Å². The summed E-state index contributed by atoms with van der Waals surface area (Å²) in [7, 11) is 2.40. The molecule has 6 heteroatoms. The van der Waals surface area contributed by atoms with Crippen LogP contribution in [0.1, 0.15) is 39.8 Å². The second-order valence-corrected chi connectivity index (χ2v) is 3.64. The van der Waals surface area contributed by atoms with Gasteiger partial charge in [-0.1, -0.05) is 13.3 Å². The summed E-state index contributed by atoms with van der Waals surface area (Å²) in [5.41, 5.74) is -0.142. The first-order valence-electron chi connectivity index (χ1n) is 5.48. The third-order valence-electron chi connectivity index (χ3n) is 2.43. The molecule has 1 aromatic heterocycles. The van der Waals surface area contributed by atoms with Gasteiger partial charge in [0.05, 0.1) is 19.8 Å². The van der Waals surface area contributed by atoms with Crippen molar-refractivity contribution in [1.29, 1.82) is 0 Å². The number of H-pyrrole nitrogens is 1. The van der Waals surface area contributed by atoms with Gasteiger partial charge in [0.1, 0.15) is 5.56 Å². The summed E-state index contributed by atoms with van der Waals surface area (Å²) in [5, 5.41) is 0. The molecule has 0 bridgehead atoms. The molecule has 1 N–H and O–H groups in total. The van der Waals surface area contributed by atoms with E-state index in [1.54, 1.807) is 0 Å². The maximum atomic E-state index is 11.7. The van der Waals surface area contributed by atoms with Crippen LogP contribution in [-0.4, -0.2) is 31.1 Å². The van der Waals surface area contributed by atoms with Crippen LogP contribution in [0.4, 0.5) is 0 Å². The number of carbonyl (C=O) groups excluding carboxylic acids is 2. The Labute approximate surface area is 104 Å². The van der Waals surface area contributed by atoms with Gasteiger partial charge in [0, 0.05) is 5.69 Å². The molecule has 0 aliphatic carbocycles. The number of aromatic nitrogens is 1. The maximum Gasteiger partial charge on any atom is 0.343 e. The average molecular weight is 253 g/mol. The van der Waals surface area contributed by atoms with Gasteiger partial charge in [-0.15, -0.1) is 0 Å². The van der Waals surface area contributed by atoms with Crippen LogP contribution in [0, 0.1) is 0 Å². The van der Waals surface area contributed by atoms with Gasteiger partial charge in [-0.25, -0.2) is 9.59 Å². The topological polar surface area (TPSA) is 85.5 Å². The zero-order valence-corrected chi connectivity index (χ0v) is 10.5. The Morgan fingerprint density at radius 2 is 1.72 bits per heavy atom. The molecule has 0 saturated carbocycles. The monoisotopic (exact) mass is 253 g/mol. The van der Waals surface area contributed by atoms with Crippen molar-refractivity contribution in [3.8, 4) is 0 Å². The summed E-state index contributed by atoms with van der Waals surface area (Å²) < 4.78 is 9.09. The Morgan fingerprint density at radius 3 is 2.22 bits per heavy atom. The fraction of sp³-hybridized carbons (Fsp3) is 0.417. The summed E-state index contributed by atoms with van der Waals surface area (Å²) in [6.45, 7) is 1.91. The Kier molecular flexibility index (Phi) is 4.65. The summed E-state index contributed by atoms with van der Waals surface area (Å²) in [6, 6.07) is 1.21. The Bertz CT molecular complexity index is 518. The van der Waals surface area contributed by atoms with E-state index in [-0.39, 0.29) is 11.1 Å². The summed E-state index contributed by atoms with van der Waals surface area (Å²) in [4.78, 5) is 37.1. The van der Waals surface area contributed by atoms with E-state index in [9.17, 15) is 14.4 Å². The van der Waals surface area contributed by atoms with E-state index in [2.05, 4.69) is 14.5 Å². The summed E-state index contributed by atoms with van der Waals surface area (Å²) >= 11 is 0. The Hall–Kier alpha value is -2.11. The van der Waals surface area contributed by atoms with Crippen LogP contribution in [0.2, 0.25) is 0 Å². The number of nitrogens with one attached hydrogen (secondary N) is 1. The molecule has 0 unspecified atom stereocenters. The number of rotatable bonds is 4. The number of methoxy groups -OCH3 is 2. The molecular weight excluding hydrogens is 238 g/mol. The largest absolute Gasteiger partial charge is 0.465 e. The van der Waals surface area contributed by atoms with Crippen molar-refractivity contribution in [3.63, 3.8) is 0 Å². The molecule has 18 heavy (non-hydrogen) atoms. The van der Waals surface area contributed by atoms with Crippen molar-refractivity contribution in [2.24, 2.45) is 0 Å². The van der Waals surface area contributed by atoms with Crippen LogP contribution in [0.3, 0.4) is 0 Å². The van der Waals surface area contributed by atoms with E-state index >= 15 is 0 Å². The molecule has 1 aromatic rings. The molecule has 0 fully saturated rings. The minimum Gasteiger partial charge on any atom is -0.465 e. The lowest BCUT2D eigenvalue weighted by Crippen LogP contribution is -2.23. The highest BCUT2D eigenvalue weighted by atomic mass is 16.5. The van der Waals surface area contributed by atoms with Crippen molar-refractivity contribution in [2.45, 2.75) is 19.8 Å². The van der Waals surface area contributed by atoms with Gasteiger partial charge in [-0.3, -0.25) is 4.79 Å². The molecule has 0 atom stereocenters. The third kappa shape index (κ3) is 2.77. The lowest BCUT2D eigenvalue weighted by atomic mass is 10.1. The molecule has 0 aromatic carbocycles. The zero-order valence-electron chi connectivity index (χ0n) is 10.5. The van der Waals surface area contributed by atoms with Gasteiger partial charge >= 0.3 is 11.9 Å². The first kappa shape index (κ1) is 14.0. The van der Waals surface area contributed by atoms with Gasteiger partial charge in [0.15, 0.2) is 0 Å². The number of aryl methyl sites for hydroxylation is 1. The first-order chi connectivity index (χ1) is 8.54. The van der Waals surface area contributed by atoms with Gasteiger partial charge < -0.3 is 14.5 Å². The van der Waals surface area contributed by atoms with Gasteiger partial charge in [-0.05, 0) is 12.5 Å². The van der Waals surface area contributed by atoms with Gasteiger partial charge in [0.2, 0.25) is 0 Å². The predicted octanol–water partition coefficient (Wildman–Crippen LogP) is 0.901. The van der Waals surface area contributed by atoms with Crippen molar-refractivity contribution in [1.82, 2.24) is 4.98 Å². The molecule has 0 spiro atoms. The highest BCUT2D eigenvalue weighted by molar-refractivity contribution is 5.95. The second-order valence-electron chi connectivity index (χ2n) is 3.64. The van der Waals surface area contributed by atoms with Crippen LogP contribution in [0.15, 0.2) is 10.9 Å². The van der Waals surface area contributed by atoms with E-state index in [0.29, 0.717) is 12.1 Å². The number of hydrogen-bond donors (Lipinski definition) is 1. The molecule has 0 saturated heterocycles. The number of aromatic amines is 1. The third-order valence-corrected chi connectivity index (χ3v) is 2.43. The molecular formula is C12H15NO5. The lowest BCUT2D eigenvalue weighted by Gasteiger charge is -2.08. The average Bonchev–Trinajstić information content (AvgIpc) is 2.37. The number of esters is 2. The van der Waals surface area contributed by atoms with E-state index < -0.39 is 17.5 Å². The fourth-order valence-corrected chi connectivity index (χ4v) is 1.57. The molecule has 1 rings (SSSR count). The highest BCUT2D eigenvalue weighted by Crippen LogP contribution is 2.10. The first-order valence-corrected chi connectivity index (χ1v) is 5.48. The molecule has 98 valence electrons. The fourth-order valence-electron chi connectivity index (χ4n) is 1.57. The summed E-state index contributed by atoms with van der Waals surface area (Å²) in [5.74, 6) is -1.38. The summed E-state index contributed by atoms with van der Waals surface area (Å²) in [6.07, 6.45) is 1.26. The van der Waals surface area contributed by atoms with Crippen LogP contribution in [0.25, 0.3) is 0 Å². The standard InChI is InChI=1S/C12H15NO5/c1-4-5-9-7(11(15)17-2)6-8(10(14)13-9)12(16)18-3/h6H,4-5H2,1-3H3,(H,13,14). The lowest BCUT2D eigenvalue weighted by molar-refractivity contribution is 0.0596. The van der Waals surface area contributed by atoms with Crippen molar-refractivity contribution in [3.05, 3.63) is 33.2 Å². The minimum absolute atomic E-state index is 0.180. The number of ether oxygens (including phenoxy) is 2. The van der Waals surface area contributed by atoms with E-state index in [1.807, 2.05) is 6.92 Å². The minimum atomic E-state index is -0.788. The number of hydrogen-bond acceptors (Lipinski definition) is 5. The number of pyridine rings is 1. The van der Waals surface area contributed by atoms with Crippen molar-refractivity contribution < 1.29 is 19.1 Å².